The number of nitrogens with one attached hydrogen (secondary N) is 1. The summed E-state index contributed by atoms with van der Waals surface area (Å²) in [5.41, 5.74) is 3.66. The zero-order valence-electron chi connectivity index (χ0n) is 14.2. The van der Waals surface area contributed by atoms with Gasteiger partial charge in [-0.1, -0.05) is 24.3 Å². The lowest BCUT2D eigenvalue weighted by Gasteiger charge is -2.11. The predicted molar refractivity (Wildman–Crippen MR) is 96.9 cm³/mol. The summed E-state index contributed by atoms with van der Waals surface area (Å²) < 4.78 is 16.0. The summed E-state index contributed by atoms with van der Waals surface area (Å²) in [6, 6.07) is 11.4. The molecule has 0 saturated heterocycles. The van der Waals surface area contributed by atoms with E-state index in [1.54, 1.807) is 45.9 Å². The number of benzene rings is 2. The number of ether oxygens (including phenoxy) is 3. The number of fused-ring (bicyclic) bond motifs is 1. The molecule has 0 saturated carbocycles. The molecule has 0 radical (unpaired) electrons. The van der Waals surface area contributed by atoms with Crippen molar-refractivity contribution >= 4 is 22.8 Å². The Morgan fingerprint density at radius 3 is 2.44 bits per heavy atom. The minimum Gasteiger partial charge on any atom is -0.496 e. The molecule has 0 unspecified atom stereocenters. The van der Waals surface area contributed by atoms with Crippen molar-refractivity contribution in [3.63, 3.8) is 0 Å². The third kappa shape index (κ3) is 3.45. The molecule has 1 aromatic heterocycles. The third-order valence-corrected chi connectivity index (χ3v) is 3.68. The molecular weight excluding hydrogens is 320 g/mol. The molecule has 0 fully saturated rings. The van der Waals surface area contributed by atoms with Crippen molar-refractivity contribution in [3.05, 3.63) is 48.2 Å². The Kier molecular flexibility index (Phi) is 4.94. The number of hydrazone groups is 1. The molecule has 3 rings (SSSR count). The maximum Gasteiger partial charge on any atom is 0.176 e. The van der Waals surface area contributed by atoms with E-state index in [1.165, 1.54) is 0 Å². The van der Waals surface area contributed by atoms with E-state index >= 15 is 0 Å². The van der Waals surface area contributed by atoms with E-state index < -0.39 is 0 Å². The number of rotatable bonds is 6. The van der Waals surface area contributed by atoms with Crippen molar-refractivity contribution in [1.82, 2.24) is 10.2 Å². The minimum atomic E-state index is 0.578. The smallest absolute Gasteiger partial charge is 0.176 e. The largest absolute Gasteiger partial charge is 0.496 e. The van der Waals surface area contributed by atoms with Crippen LogP contribution in [0.5, 0.6) is 17.2 Å². The highest BCUT2D eigenvalue weighted by atomic mass is 16.5. The Bertz CT molecular complexity index is 907. The van der Waals surface area contributed by atoms with E-state index in [2.05, 4.69) is 20.7 Å². The maximum atomic E-state index is 5.38. The Morgan fingerprint density at radius 2 is 1.68 bits per heavy atom. The van der Waals surface area contributed by atoms with Crippen molar-refractivity contribution in [1.29, 1.82) is 0 Å². The van der Waals surface area contributed by atoms with E-state index in [0.717, 1.165) is 16.3 Å². The molecule has 7 nitrogen and oxygen atoms in total. The lowest BCUT2D eigenvalue weighted by Crippen LogP contribution is -1.99. The van der Waals surface area contributed by atoms with E-state index in [1.807, 2.05) is 24.3 Å². The number of nitrogens with zero attached hydrogens (tertiary/aromatic N) is 3. The molecular formula is C18H18N4O3. The first kappa shape index (κ1) is 16.5. The first-order valence-electron chi connectivity index (χ1n) is 7.56. The summed E-state index contributed by atoms with van der Waals surface area (Å²) >= 11 is 0. The predicted octanol–water partition coefficient (Wildman–Crippen LogP) is 3.10. The molecule has 128 valence electrons. The second-order valence-electron chi connectivity index (χ2n) is 5.10. The highest BCUT2D eigenvalue weighted by Crippen LogP contribution is 2.33. The van der Waals surface area contributed by atoms with Crippen LogP contribution < -0.4 is 19.6 Å². The van der Waals surface area contributed by atoms with Crippen LogP contribution in [-0.4, -0.2) is 37.7 Å². The van der Waals surface area contributed by atoms with Crippen molar-refractivity contribution in [2.75, 3.05) is 26.8 Å². The molecule has 0 amide bonds. The van der Waals surface area contributed by atoms with Crippen molar-refractivity contribution in [2.45, 2.75) is 0 Å². The zero-order chi connectivity index (χ0) is 17.6. The monoisotopic (exact) mass is 338 g/mol. The lowest BCUT2D eigenvalue weighted by molar-refractivity contribution is 0.349. The molecule has 0 aliphatic rings. The van der Waals surface area contributed by atoms with Gasteiger partial charge in [-0.2, -0.15) is 10.2 Å². The lowest BCUT2D eigenvalue weighted by atomic mass is 10.2. The van der Waals surface area contributed by atoms with Gasteiger partial charge in [-0.25, -0.2) is 0 Å². The molecule has 1 heterocycles. The van der Waals surface area contributed by atoms with Crippen LogP contribution in [0.1, 0.15) is 5.56 Å². The van der Waals surface area contributed by atoms with Crippen LogP contribution in [0, 0.1) is 0 Å². The van der Waals surface area contributed by atoms with Gasteiger partial charge in [0.15, 0.2) is 17.3 Å². The molecule has 1 N–H and O–H groups in total. The van der Waals surface area contributed by atoms with Crippen LogP contribution in [0.4, 0.5) is 5.82 Å². The molecule has 3 aromatic rings. The molecule has 2 aromatic carbocycles. The van der Waals surface area contributed by atoms with E-state index in [0.29, 0.717) is 23.1 Å². The number of hydrogen-bond donors (Lipinski definition) is 1. The summed E-state index contributed by atoms with van der Waals surface area (Å²) in [7, 11) is 4.74. The average Bonchev–Trinajstić information content (AvgIpc) is 2.67. The van der Waals surface area contributed by atoms with Gasteiger partial charge in [0.2, 0.25) is 0 Å². The number of hydrogen-bond acceptors (Lipinski definition) is 7. The number of aromatic nitrogens is 2. The van der Waals surface area contributed by atoms with Gasteiger partial charge in [-0.3, -0.25) is 5.43 Å². The summed E-state index contributed by atoms with van der Waals surface area (Å²) in [6.45, 7) is 0. The summed E-state index contributed by atoms with van der Waals surface area (Å²) in [6.07, 6.45) is 3.34. The highest BCUT2D eigenvalue weighted by molar-refractivity contribution is 5.91. The van der Waals surface area contributed by atoms with Gasteiger partial charge in [-0.05, 0) is 6.07 Å². The van der Waals surface area contributed by atoms with Gasteiger partial charge in [0.25, 0.3) is 0 Å². The molecule has 0 bridgehead atoms. The first-order valence-corrected chi connectivity index (χ1v) is 7.56. The van der Waals surface area contributed by atoms with Crippen molar-refractivity contribution in [2.24, 2.45) is 5.10 Å². The van der Waals surface area contributed by atoms with Crippen LogP contribution in [0.15, 0.2) is 47.7 Å². The number of anilines is 1. The third-order valence-electron chi connectivity index (χ3n) is 3.68. The fraction of sp³-hybridized carbons (Fsp3) is 0.167. The average molecular weight is 338 g/mol. The van der Waals surface area contributed by atoms with Crippen LogP contribution in [0.25, 0.3) is 10.8 Å². The van der Waals surface area contributed by atoms with Gasteiger partial charge in [0.05, 0.1) is 33.7 Å². The fourth-order valence-corrected chi connectivity index (χ4v) is 2.43. The molecule has 0 atom stereocenters. The van der Waals surface area contributed by atoms with E-state index in [-0.39, 0.29) is 0 Å². The molecule has 0 spiro atoms. The SMILES string of the molecule is COc1cc(OC)c(OC)cc1/C=N/Nc1nncc2ccccc12. The summed E-state index contributed by atoms with van der Waals surface area (Å²) in [4.78, 5) is 0. The van der Waals surface area contributed by atoms with Gasteiger partial charge < -0.3 is 14.2 Å². The normalized spacial score (nSPS) is 10.8. The van der Waals surface area contributed by atoms with Crippen molar-refractivity contribution < 1.29 is 14.2 Å². The van der Waals surface area contributed by atoms with Gasteiger partial charge in [0, 0.05) is 22.4 Å². The molecule has 25 heavy (non-hydrogen) atoms. The minimum absolute atomic E-state index is 0.578. The standard InChI is InChI=1S/C18H18N4O3/c1-23-15-9-17(25-3)16(24-2)8-13(15)11-20-22-18-14-7-5-4-6-12(14)10-19-21-18/h4-11H,1-3H3,(H,21,22)/b20-11+. The topological polar surface area (TPSA) is 77.9 Å². The van der Waals surface area contributed by atoms with Crippen LogP contribution in [0.2, 0.25) is 0 Å². The van der Waals surface area contributed by atoms with Gasteiger partial charge in [0.1, 0.15) is 5.75 Å². The van der Waals surface area contributed by atoms with E-state index in [9.17, 15) is 0 Å². The zero-order valence-corrected chi connectivity index (χ0v) is 14.2. The molecule has 0 aliphatic carbocycles. The summed E-state index contributed by atoms with van der Waals surface area (Å²) in [5, 5.41) is 14.2. The molecule has 7 heteroatoms. The fourth-order valence-electron chi connectivity index (χ4n) is 2.43. The Hall–Kier alpha value is -3.35. The maximum absolute atomic E-state index is 5.38. The van der Waals surface area contributed by atoms with Crippen LogP contribution >= 0.6 is 0 Å². The highest BCUT2D eigenvalue weighted by Gasteiger charge is 2.10. The Morgan fingerprint density at radius 1 is 0.960 bits per heavy atom. The Balaban J connectivity index is 1.89. The quantitative estimate of drug-likeness (QED) is 0.550. The molecule has 0 aliphatic heterocycles. The van der Waals surface area contributed by atoms with Crippen LogP contribution in [-0.2, 0) is 0 Å². The van der Waals surface area contributed by atoms with Crippen molar-refractivity contribution in [3.8, 4) is 17.2 Å². The second kappa shape index (κ2) is 7.48. The summed E-state index contributed by atoms with van der Waals surface area (Å²) in [5.74, 6) is 2.38. The van der Waals surface area contributed by atoms with Gasteiger partial charge in [-0.15, -0.1) is 5.10 Å². The Labute approximate surface area is 145 Å². The van der Waals surface area contributed by atoms with Gasteiger partial charge >= 0.3 is 0 Å². The first-order chi connectivity index (χ1) is 12.3. The van der Waals surface area contributed by atoms with Crippen LogP contribution in [0.3, 0.4) is 0 Å². The van der Waals surface area contributed by atoms with E-state index in [4.69, 9.17) is 14.2 Å². The second-order valence-corrected chi connectivity index (χ2v) is 5.10. The number of methoxy groups -OCH3 is 3.